The fourth-order valence-electron chi connectivity index (χ4n) is 3.71. The Morgan fingerprint density at radius 1 is 1.23 bits per heavy atom. The lowest BCUT2D eigenvalue weighted by Gasteiger charge is -2.35. The molecule has 1 atom stereocenters. The molecule has 31 heavy (non-hydrogen) atoms. The second kappa shape index (κ2) is 12.6. The summed E-state index contributed by atoms with van der Waals surface area (Å²) in [6, 6.07) is 8.61. The van der Waals surface area contributed by atoms with Crippen molar-refractivity contribution in [1.29, 1.82) is 0 Å². The highest BCUT2D eigenvalue weighted by Gasteiger charge is 2.23. The smallest absolute Gasteiger partial charge is 0.191 e. The van der Waals surface area contributed by atoms with Crippen molar-refractivity contribution >= 4 is 17.3 Å². The van der Waals surface area contributed by atoms with Crippen molar-refractivity contribution in [3.63, 3.8) is 0 Å². The number of ether oxygens (including phenoxy) is 2. The summed E-state index contributed by atoms with van der Waals surface area (Å²) in [5.74, 6) is 1.72. The maximum Gasteiger partial charge on any atom is 0.191 e. The predicted octanol–water partition coefficient (Wildman–Crippen LogP) is 3.02. The van der Waals surface area contributed by atoms with Crippen LogP contribution in [-0.4, -0.2) is 69.4 Å². The zero-order chi connectivity index (χ0) is 21.9. The van der Waals surface area contributed by atoms with E-state index in [9.17, 15) is 0 Å². The second-order valence-corrected chi connectivity index (χ2v) is 8.60. The lowest BCUT2D eigenvalue weighted by atomic mass is 10.0. The molecule has 0 radical (unpaired) electrons. The fraction of sp³-hybridized carbons (Fsp3) is 0.565. The summed E-state index contributed by atoms with van der Waals surface area (Å²) in [5, 5.41) is 10.3. The highest BCUT2D eigenvalue weighted by atomic mass is 32.1. The monoisotopic (exact) mass is 445 g/mol. The fourth-order valence-corrected chi connectivity index (χ4v) is 4.53. The van der Waals surface area contributed by atoms with E-state index in [1.807, 2.05) is 26.1 Å². The van der Waals surface area contributed by atoms with Gasteiger partial charge in [0, 0.05) is 44.3 Å². The number of methoxy groups -OCH3 is 1. The van der Waals surface area contributed by atoms with Crippen LogP contribution in [0.5, 0.6) is 5.75 Å². The predicted molar refractivity (Wildman–Crippen MR) is 127 cm³/mol. The Morgan fingerprint density at radius 2 is 2.00 bits per heavy atom. The van der Waals surface area contributed by atoms with Crippen molar-refractivity contribution in [2.45, 2.75) is 32.2 Å². The highest BCUT2D eigenvalue weighted by molar-refractivity contribution is 7.09. The molecule has 8 heteroatoms. The van der Waals surface area contributed by atoms with E-state index in [1.165, 1.54) is 10.6 Å². The number of unbranched alkanes of at least 4 members (excludes halogenated alkanes) is 1. The Morgan fingerprint density at radius 3 is 2.65 bits per heavy atom. The first kappa shape index (κ1) is 23.5. The van der Waals surface area contributed by atoms with E-state index >= 15 is 0 Å². The molecule has 1 unspecified atom stereocenters. The van der Waals surface area contributed by atoms with Crippen molar-refractivity contribution < 1.29 is 9.47 Å². The Bertz CT molecular complexity index is 803. The third-order valence-corrected chi connectivity index (χ3v) is 6.48. The van der Waals surface area contributed by atoms with E-state index in [4.69, 9.17) is 9.47 Å². The average molecular weight is 446 g/mol. The summed E-state index contributed by atoms with van der Waals surface area (Å²) in [4.78, 5) is 11.4. The quantitative estimate of drug-likeness (QED) is 0.333. The third kappa shape index (κ3) is 7.48. The molecule has 0 spiro atoms. The minimum absolute atomic E-state index is 0.251. The lowest BCUT2D eigenvalue weighted by Crippen LogP contribution is -2.46. The molecule has 1 aromatic heterocycles. The summed E-state index contributed by atoms with van der Waals surface area (Å²) in [6.07, 6.45) is 3.26. The number of benzene rings is 1. The van der Waals surface area contributed by atoms with E-state index < -0.39 is 0 Å². The molecule has 0 bridgehead atoms. The Balaban J connectivity index is 1.48. The zero-order valence-corrected chi connectivity index (χ0v) is 19.7. The number of rotatable bonds is 10. The summed E-state index contributed by atoms with van der Waals surface area (Å²) in [6.45, 7) is 7.14. The van der Waals surface area contributed by atoms with Gasteiger partial charge >= 0.3 is 0 Å². The number of hydrogen-bond donors (Lipinski definition) is 2. The molecular formula is C23H35N5O2S. The molecule has 2 heterocycles. The average Bonchev–Trinajstić information content (AvgIpc) is 3.23. The van der Waals surface area contributed by atoms with Crippen LogP contribution in [0.1, 0.15) is 35.1 Å². The summed E-state index contributed by atoms with van der Waals surface area (Å²) < 4.78 is 10.9. The minimum atomic E-state index is 0.251. The minimum Gasteiger partial charge on any atom is -0.497 e. The zero-order valence-electron chi connectivity index (χ0n) is 18.9. The molecule has 0 saturated carbocycles. The summed E-state index contributed by atoms with van der Waals surface area (Å²) >= 11 is 1.75. The lowest BCUT2D eigenvalue weighted by molar-refractivity contribution is 0.0170. The SMILES string of the molecule is CN=C(NCCCCc1nc(C)cs1)NCC(c1ccc(OC)cc1)N1CCOCC1. The van der Waals surface area contributed by atoms with Crippen LogP contribution >= 0.6 is 11.3 Å². The van der Waals surface area contributed by atoms with Crippen LogP contribution in [0.3, 0.4) is 0 Å². The van der Waals surface area contributed by atoms with Crippen molar-refractivity contribution in [2.24, 2.45) is 4.99 Å². The molecule has 2 aromatic rings. The van der Waals surface area contributed by atoms with Gasteiger partial charge < -0.3 is 20.1 Å². The molecule has 0 amide bonds. The van der Waals surface area contributed by atoms with E-state index in [-0.39, 0.29) is 6.04 Å². The van der Waals surface area contributed by atoms with Crippen LogP contribution in [-0.2, 0) is 11.2 Å². The normalized spacial score (nSPS) is 16.2. The van der Waals surface area contributed by atoms with Crippen LogP contribution in [0.4, 0.5) is 0 Å². The largest absolute Gasteiger partial charge is 0.497 e. The van der Waals surface area contributed by atoms with Crippen molar-refractivity contribution in [2.75, 3.05) is 53.6 Å². The molecule has 1 aliphatic heterocycles. The maximum atomic E-state index is 5.56. The molecule has 1 aliphatic rings. The van der Waals surface area contributed by atoms with E-state index in [0.29, 0.717) is 0 Å². The number of aromatic nitrogens is 1. The topological polar surface area (TPSA) is 71.0 Å². The van der Waals surface area contributed by atoms with Crippen molar-refractivity contribution in [3.8, 4) is 5.75 Å². The van der Waals surface area contributed by atoms with Gasteiger partial charge in [0.2, 0.25) is 0 Å². The van der Waals surface area contributed by atoms with Gasteiger partial charge in [0.1, 0.15) is 5.75 Å². The van der Waals surface area contributed by atoms with Gasteiger partial charge in [-0.3, -0.25) is 9.89 Å². The third-order valence-electron chi connectivity index (χ3n) is 5.45. The molecule has 7 nitrogen and oxygen atoms in total. The van der Waals surface area contributed by atoms with Crippen molar-refractivity contribution in [3.05, 3.63) is 45.9 Å². The molecule has 3 rings (SSSR count). The first-order valence-corrected chi connectivity index (χ1v) is 11.9. The summed E-state index contributed by atoms with van der Waals surface area (Å²) in [5.41, 5.74) is 2.39. The van der Waals surface area contributed by atoms with E-state index in [2.05, 4.69) is 43.0 Å². The van der Waals surface area contributed by atoms with Crippen LogP contribution in [0.2, 0.25) is 0 Å². The molecular weight excluding hydrogens is 410 g/mol. The molecule has 1 fully saturated rings. The van der Waals surface area contributed by atoms with Crippen LogP contribution in [0.15, 0.2) is 34.6 Å². The number of nitrogens with zero attached hydrogens (tertiary/aromatic N) is 3. The number of thiazole rings is 1. The standard InChI is InChI=1S/C23H35N5O2S/c1-18-17-31-22(27-18)6-4-5-11-25-23(24-2)26-16-21(28-12-14-30-15-13-28)19-7-9-20(29-3)10-8-19/h7-10,17,21H,4-6,11-16H2,1-3H3,(H2,24,25,26). The van der Waals surface area contributed by atoms with Gasteiger partial charge in [-0.05, 0) is 43.9 Å². The second-order valence-electron chi connectivity index (χ2n) is 7.66. The Labute approximate surface area is 189 Å². The van der Waals surface area contributed by atoms with Crippen LogP contribution in [0.25, 0.3) is 0 Å². The van der Waals surface area contributed by atoms with Gasteiger partial charge in [-0.2, -0.15) is 0 Å². The number of guanidine groups is 1. The van der Waals surface area contributed by atoms with Gasteiger partial charge in [-0.25, -0.2) is 4.98 Å². The molecule has 2 N–H and O–H groups in total. The molecule has 170 valence electrons. The Hall–Kier alpha value is -2.16. The van der Waals surface area contributed by atoms with E-state index in [1.54, 1.807) is 18.4 Å². The number of nitrogens with one attached hydrogen (secondary N) is 2. The van der Waals surface area contributed by atoms with Crippen molar-refractivity contribution in [1.82, 2.24) is 20.5 Å². The maximum absolute atomic E-state index is 5.56. The molecule has 0 aliphatic carbocycles. The van der Waals surface area contributed by atoms with Crippen LogP contribution < -0.4 is 15.4 Å². The highest BCUT2D eigenvalue weighted by Crippen LogP contribution is 2.23. The first-order chi connectivity index (χ1) is 15.2. The van der Waals surface area contributed by atoms with Gasteiger partial charge in [-0.1, -0.05) is 12.1 Å². The van der Waals surface area contributed by atoms with Gasteiger partial charge in [-0.15, -0.1) is 11.3 Å². The van der Waals surface area contributed by atoms with E-state index in [0.717, 1.165) is 76.1 Å². The number of morpholine rings is 1. The molecule has 1 aromatic carbocycles. The number of hydrogen-bond acceptors (Lipinski definition) is 6. The number of aliphatic imine (C=N–C) groups is 1. The van der Waals surface area contributed by atoms with Gasteiger partial charge in [0.05, 0.1) is 31.4 Å². The number of aryl methyl sites for hydroxylation is 2. The summed E-state index contributed by atoms with van der Waals surface area (Å²) in [7, 11) is 3.52. The van der Waals surface area contributed by atoms with Gasteiger partial charge in [0.15, 0.2) is 5.96 Å². The van der Waals surface area contributed by atoms with Gasteiger partial charge in [0.25, 0.3) is 0 Å². The van der Waals surface area contributed by atoms with Crippen LogP contribution in [0, 0.1) is 6.92 Å². The molecule has 1 saturated heterocycles. The Kier molecular flexibility index (Phi) is 9.58. The first-order valence-electron chi connectivity index (χ1n) is 11.0.